The molecule has 1 aliphatic rings. The van der Waals surface area contributed by atoms with Crippen LogP contribution in [0.5, 0.6) is 5.75 Å². The van der Waals surface area contributed by atoms with Crippen molar-refractivity contribution in [3.8, 4) is 5.75 Å². The average molecular weight is 374 g/mol. The number of nitrogens with one attached hydrogen (secondary N) is 3. The van der Waals surface area contributed by atoms with Crippen molar-refractivity contribution in [3.05, 3.63) is 41.3 Å². The van der Waals surface area contributed by atoms with Gasteiger partial charge < -0.3 is 25.1 Å². The van der Waals surface area contributed by atoms with Crippen molar-refractivity contribution in [1.82, 2.24) is 15.0 Å². The Bertz CT molecular complexity index is 914. The summed E-state index contributed by atoms with van der Waals surface area (Å²) < 4.78 is 11.0. The Morgan fingerprint density at radius 3 is 3.12 bits per heavy atom. The van der Waals surface area contributed by atoms with E-state index in [0.717, 1.165) is 11.9 Å². The first-order valence-corrected chi connectivity index (χ1v) is 8.87. The quantitative estimate of drug-likeness (QED) is 0.576. The summed E-state index contributed by atoms with van der Waals surface area (Å²) in [6.07, 6.45) is 2.89. The highest BCUT2D eigenvalue weighted by Crippen LogP contribution is 2.34. The zero-order chi connectivity index (χ0) is 17.9. The maximum atomic E-state index is 6.07. The molecule has 1 aromatic carbocycles. The van der Waals surface area contributed by atoms with Crippen LogP contribution in [0.25, 0.3) is 10.9 Å². The molecule has 0 fully saturated rings. The summed E-state index contributed by atoms with van der Waals surface area (Å²) in [6, 6.07) is 8.30. The van der Waals surface area contributed by atoms with E-state index in [9.17, 15) is 0 Å². The number of benzene rings is 1. The van der Waals surface area contributed by atoms with E-state index in [1.165, 1.54) is 10.9 Å². The summed E-state index contributed by atoms with van der Waals surface area (Å²) >= 11 is 6.07. The lowest BCUT2D eigenvalue weighted by Crippen LogP contribution is -2.36. The van der Waals surface area contributed by atoms with Crippen LogP contribution >= 0.6 is 11.6 Å². The summed E-state index contributed by atoms with van der Waals surface area (Å²) in [5.74, 6) is 1.79. The molecule has 0 unspecified atom stereocenters. The highest BCUT2D eigenvalue weighted by Gasteiger charge is 2.24. The predicted molar refractivity (Wildman–Crippen MR) is 102 cm³/mol. The Balaban J connectivity index is 1.47. The Labute approximate surface area is 156 Å². The predicted octanol–water partition coefficient (Wildman–Crippen LogP) is 3.09. The highest BCUT2D eigenvalue weighted by atomic mass is 35.5. The third-order valence-electron chi connectivity index (χ3n) is 4.34. The van der Waals surface area contributed by atoms with E-state index < -0.39 is 0 Å². The van der Waals surface area contributed by atoms with Gasteiger partial charge >= 0.3 is 0 Å². The smallest absolute Gasteiger partial charge is 0.226 e. The van der Waals surface area contributed by atoms with Gasteiger partial charge in [0.05, 0.1) is 12.6 Å². The van der Waals surface area contributed by atoms with Gasteiger partial charge in [-0.15, -0.1) is 0 Å². The average Bonchev–Trinajstić information content (AvgIpc) is 3.05. The molecular formula is C18H20ClN5O2. The molecule has 0 radical (unpaired) electrons. The number of hydrogen-bond acceptors (Lipinski definition) is 6. The molecule has 8 heteroatoms. The molecule has 3 aromatic rings. The van der Waals surface area contributed by atoms with Crippen molar-refractivity contribution in [3.63, 3.8) is 0 Å². The van der Waals surface area contributed by atoms with E-state index in [0.29, 0.717) is 37.1 Å². The van der Waals surface area contributed by atoms with Gasteiger partial charge in [-0.2, -0.15) is 9.97 Å². The zero-order valence-electron chi connectivity index (χ0n) is 14.4. The molecule has 0 aliphatic carbocycles. The van der Waals surface area contributed by atoms with Crippen molar-refractivity contribution in [2.24, 2.45) is 0 Å². The van der Waals surface area contributed by atoms with Gasteiger partial charge in [0.25, 0.3) is 0 Å². The number of H-pyrrole nitrogens is 1. The number of nitrogens with zero attached hydrogens (tertiary/aromatic N) is 2. The number of fused-ring (bicyclic) bond motifs is 2. The number of aromatic nitrogens is 3. The molecule has 7 nitrogen and oxygen atoms in total. The van der Waals surface area contributed by atoms with Crippen molar-refractivity contribution in [2.45, 2.75) is 12.5 Å². The fourth-order valence-corrected chi connectivity index (χ4v) is 3.31. The van der Waals surface area contributed by atoms with E-state index in [2.05, 4.69) is 37.7 Å². The topological polar surface area (TPSA) is 84.1 Å². The lowest BCUT2D eigenvalue weighted by molar-refractivity contribution is 0.154. The summed E-state index contributed by atoms with van der Waals surface area (Å²) in [5.41, 5.74) is 2.39. The Hall–Kier alpha value is -2.51. The van der Waals surface area contributed by atoms with Gasteiger partial charge in [0.1, 0.15) is 6.61 Å². The van der Waals surface area contributed by atoms with E-state index in [1.54, 1.807) is 7.11 Å². The first-order valence-electron chi connectivity index (χ1n) is 8.49. The first kappa shape index (κ1) is 16.9. The minimum Gasteiger partial charge on any atom is -0.484 e. The maximum absolute atomic E-state index is 6.07. The summed E-state index contributed by atoms with van der Waals surface area (Å²) in [5, 5.41) is 8.00. The molecule has 26 heavy (non-hydrogen) atoms. The van der Waals surface area contributed by atoms with Crippen molar-refractivity contribution >= 4 is 34.1 Å². The van der Waals surface area contributed by atoms with Gasteiger partial charge in [-0.1, -0.05) is 18.2 Å². The molecule has 3 heterocycles. The second kappa shape index (κ2) is 7.39. The lowest BCUT2D eigenvalue weighted by atomic mass is 10.1. The van der Waals surface area contributed by atoms with Crippen LogP contribution in [-0.4, -0.2) is 47.9 Å². The number of hydrogen-bond donors (Lipinski definition) is 3. The molecule has 4 rings (SSSR count). The molecule has 1 atom stereocenters. The molecule has 1 aliphatic heterocycles. The number of methoxy groups -OCH3 is 1. The standard InChI is InChI=1S/C18H20ClN5O2/c1-25-9-12-10-26-15-16(23-18(19)24-17(15)22-12)20-7-6-11-8-21-14-5-3-2-4-13(11)14/h2-5,8,12,21H,6-7,9-10H2,1H3,(H2,20,22,23,24)/t12-/m0/s1. The highest BCUT2D eigenvalue weighted by molar-refractivity contribution is 6.28. The van der Waals surface area contributed by atoms with Gasteiger partial charge in [-0.3, -0.25) is 0 Å². The van der Waals surface area contributed by atoms with E-state index >= 15 is 0 Å². The Morgan fingerprint density at radius 1 is 1.35 bits per heavy atom. The largest absolute Gasteiger partial charge is 0.484 e. The van der Waals surface area contributed by atoms with Gasteiger partial charge in [0, 0.05) is 30.8 Å². The van der Waals surface area contributed by atoms with Crippen molar-refractivity contribution in [2.75, 3.05) is 37.5 Å². The van der Waals surface area contributed by atoms with Crippen molar-refractivity contribution < 1.29 is 9.47 Å². The molecule has 136 valence electrons. The third-order valence-corrected chi connectivity index (χ3v) is 4.51. The first-order chi connectivity index (χ1) is 12.7. The van der Waals surface area contributed by atoms with E-state index in [-0.39, 0.29) is 11.3 Å². The summed E-state index contributed by atoms with van der Waals surface area (Å²) in [7, 11) is 1.65. The maximum Gasteiger partial charge on any atom is 0.226 e. The number of halogens is 1. The number of para-hydroxylation sites is 1. The van der Waals surface area contributed by atoms with E-state index in [1.807, 2.05) is 18.3 Å². The number of aromatic amines is 1. The molecule has 0 saturated heterocycles. The van der Waals surface area contributed by atoms with Crippen LogP contribution in [0, 0.1) is 0 Å². The van der Waals surface area contributed by atoms with E-state index in [4.69, 9.17) is 21.1 Å². The number of anilines is 2. The molecule has 0 spiro atoms. The normalized spacial score (nSPS) is 16.0. The molecule has 0 saturated carbocycles. The SMILES string of the molecule is COC[C@H]1COc2c(NCCc3c[nH]c4ccccc34)nc(Cl)nc2N1. The minimum absolute atomic E-state index is 0.0394. The van der Waals surface area contributed by atoms with Crippen LogP contribution in [0.2, 0.25) is 5.28 Å². The Morgan fingerprint density at radius 2 is 2.23 bits per heavy atom. The second-order valence-corrected chi connectivity index (χ2v) is 6.50. The minimum atomic E-state index is 0.0394. The Kier molecular flexibility index (Phi) is 4.81. The molecule has 0 amide bonds. The molecular weight excluding hydrogens is 354 g/mol. The van der Waals surface area contributed by atoms with Crippen LogP contribution < -0.4 is 15.4 Å². The van der Waals surface area contributed by atoms with Crippen LogP contribution in [-0.2, 0) is 11.2 Å². The van der Waals surface area contributed by atoms with Crippen LogP contribution in [0.3, 0.4) is 0 Å². The summed E-state index contributed by atoms with van der Waals surface area (Å²) in [4.78, 5) is 11.8. The molecule has 3 N–H and O–H groups in total. The van der Waals surface area contributed by atoms with Crippen LogP contribution in [0.4, 0.5) is 11.6 Å². The van der Waals surface area contributed by atoms with Crippen LogP contribution in [0.15, 0.2) is 30.5 Å². The molecule has 2 aromatic heterocycles. The van der Waals surface area contributed by atoms with Crippen molar-refractivity contribution in [1.29, 1.82) is 0 Å². The molecule has 0 bridgehead atoms. The second-order valence-electron chi connectivity index (χ2n) is 6.16. The van der Waals surface area contributed by atoms with Gasteiger partial charge in [0.15, 0.2) is 11.6 Å². The van der Waals surface area contributed by atoms with Crippen LogP contribution in [0.1, 0.15) is 5.56 Å². The number of rotatable bonds is 6. The van der Waals surface area contributed by atoms with Gasteiger partial charge in [-0.25, -0.2) is 0 Å². The lowest BCUT2D eigenvalue weighted by Gasteiger charge is -2.27. The third kappa shape index (κ3) is 3.40. The fourth-order valence-electron chi connectivity index (χ4n) is 3.14. The zero-order valence-corrected chi connectivity index (χ0v) is 15.1. The van der Waals surface area contributed by atoms with Gasteiger partial charge in [-0.05, 0) is 29.7 Å². The monoisotopic (exact) mass is 373 g/mol. The van der Waals surface area contributed by atoms with Gasteiger partial charge in [0.2, 0.25) is 11.0 Å². The fraction of sp³-hybridized carbons (Fsp3) is 0.333. The number of ether oxygens (including phenoxy) is 2. The summed E-state index contributed by atoms with van der Waals surface area (Å²) in [6.45, 7) is 1.72.